The average molecular weight is 515 g/mol. The van der Waals surface area contributed by atoms with E-state index in [4.69, 9.17) is 56.0 Å². The average Bonchev–Trinajstić information content (AvgIpc) is 2.73. The standard InChI is InChI=1S/C21H11Cl4NO4S/c22-13-9-14(23)19(25)16(18(13)24)17-20(27)12-3-1-2-4-15(12)30-21(17)10-5-7-11(8-6-10)31(26,28)29/h1-9H,(H2,26,28,29). The highest BCUT2D eigenvalue weighted by Gasteiger charge is 2.25. The lowest BCUT2D eigenvalue weighted by atomic mass is 9.98. The Bertz CT molecular complexity index is 1490. The number of primary sulfonamides is 1. The van der Waals surface area contributed by atoms with Crippen LogP contribution < -0.4 is 10.6 Å². The maximum absolute atomic E-state index is 13.5. The fourth-order valence-electron chi connectivity index (χ4n) is 3.16. The summed E-state index contributed by atoms with van der Waals surface area (Å²) in [4.78, 5) is 13.4. The molecule has 0 spiro atoms. The first-order valence-electron chi connectivity index (χ1n) is 8.62. The predicted molar refractivity (Wildman–Crippen MR) is 125 cm³/mol. The normalized spacial score (nSPS) is 11.8. The van der Waals surface area contributed by atoms with E-state index in [-0.39, 0.29) is 41.9 Å². The summed E-state index contributed by atoms with van der Waals surface area (Å²) in [7, 11) is -3.90. The molecule has 0 saturated carbocycles. The van der Waals surface area contributed by atoms with Gasteiger partial charge in [-0.25, -0.2) is 13.6 Å². The molecule has 0 fully saturated rings. The molecule has 0 radical (unpaired) electrons. The van der Waals surface area contributed by atoms with E-state index in [2.05, 4.69) is 0 Å². The minimum Gasteiger partial charge on any atom is -0.455 e. The number of benzene rings is 3. The molecule has 10 heteroatoms. The van der Waals surface area contributed by atoms with E-state index < -0.39 is 15.5 Å². The molecule has 1 aromatic heterocycles. The number of rotatable bonds is 3. The fourth-order valence-corrected chi connectivity index (χ4v) is 4.67. The molecule has 0 aliphatic rings. The Morgan fingerprint density at radius 2 is 1.39 bits per heavy atom. The Morgan fingerprint density at radius 3 is 1.97 bits per heavy atom. The van der Waals surface area contributed by atoms with Gasteiger partial charge in [0.25, 0.3) is 0 Å². The van der Waals surface area contributed by atoms with Gasteiger partial charge in [-0.3, -0.25) is 4.79 Å². The summed E-state index contributed by atoms with van der Waals surface area (Å²) in [5.74, 6) is 0.117. The molecule has 3 aromatic carbocycles. The molecule has 1 heterocycles. The van der Waals surface area contributed by atoms with Crippen LogP contribution in [0.5, 0.6) is 0 Å². The quantitative estimate of drug-likeness (QED) is 0.321. The second-order valence-corrected chi connectivity index (χ2v) is 9.68. The van der Waals surface area contributed by atoms with Gasteiger partial charge in [0.15, 0.2) is 0 Å². The number of hydrogen-bond donors (Lipinski definition) is 1. The Hall–Kier alpha value is -2.06. The van der Waals surface area contributed by atoms with Crippen molar-refractivity contribution in [3.8, 4) is 22.5 Å². The highest BCUT2D eigenvalue weighted by molar-refractivity contribution is 7.89. The molecule has 0 atom stereocenters. The minimum atomic E-state index is -3.90. The summed E-state index contributed by atoms with van der Waals surface area (Å²) in [6.07, 6.45) is 0. The van der Waals surface area contributed by atoms with Crippen molar-refractivity contribution >= 4 is 67.4 Å². The van der Waals surface area contributed by atoms with E-state index in [9.17, 15) is 13.2 Å². The first-order chi connectivity index (χ1) is 14.6. The van der Waals surface area contributed by atoms with Crippen LogP contribution in [0.15, 0.2) is 68.7 Å². The van der Waals surface area contributed by atoms with Gasteiger partial charge in [-0.2, -0.15) is 0 Å². The number of nitrogens with two attached hydrogens (primary N) is 1. The smallest absolute Gasteiger partial charge is 0.238 e. The molecule has 0 amide bonds. The zero-order chi connectivity index (χ0) is 22.5. The van der Waals surface area contributed by atoms with E-state index in [0.717, 1.165) is 0 Å². The Balaban J connectivity index is 2.14. The van der Waals surface area contributed by atoms with Gasteiger partial charge in [-0.15, -0.1) is 0 Å². The van der Waals surface area contributed by atoms with Gasteiger partial charge < -0.3 is 4.42 Å². The van der Waals surface area contributed by atoms with Crippen molar-refractivity contribution in [1.82, 2.24) is 0 Å². The molecule has 2 N–H and O–H groups in total. The third-order valence-corrected chi connectivity index (χ3v) is 7.11. The van der Waals surface area contributed by atoms with E-state index in [1.807, 2.05) is 0 Å². The predicted octanol–water partition coefficient (Wildman–Crippen LogP) is 6.39. The van der Waals surface area contributed by atoms with Crippen LogP contribution >= 0.6 is 46.4 Å². The topological polar surface area (TPSA) is 90.4 Å². The van der Waals surface area contributed by atoms with Crippen LogP contribution in [-0.4, -0.2) is 8.42 Å². The molecule has 158 valence electrons. The first kappa shape index (κ1) is 22.1. The molecule has 0 aliphatic heterocycles. The van der Waals surface area contributed by atoms with Crippen LogP contribution in [-0.2, 0) is 10.0 Å². The number of fused-ring (bicyclic) bond motifs is 1. The van der Waals surface area contributed by atoms with Gasteiger partial charge in [-0.05, 0) is 42.5 Å². The highest BCUT2D eigenvalue weighted by atomic mass is 35.5. The van der Waals surface area contributed by atoms with Gasteiger partial charge in [0, 0.05) is 11.1 Å². The fraction of sp³-hybridized carbons (Fsp3) is 0. The van der Waals surface area contributed by atoms with Crippen LogP contribution in [0, 0.1) is 0 Å². The van der Waals surface area contributed by atoms with Crippen molar-refractivity contribution in [2.75, 3.05) is 0 Å². The zero-order valence-corrected chi connectivity index (χ0v) is 19.2. The first-order valence-corrected chi connectivity index (χ1v) is 11.7. The van der Waals surface area contributed by atoms with Crippen LogP contribution in [0.1, 0.15) is 0 Å². The second kappa shape index (κ2) is 8.13. The maximum atomic E-state index is 13.5. The summed E-state index contributed by atoms with van der Waals surface area (Å²) < 4.78 is 29.3. The van der Waals surface area contributed by atoms with Gasteiger partial charge in [-0.1, -0.05) is 58.5 Å². The lowest BCUT2D eigenvalue weighted by Gasteiger charge is -2.15. The lowest BCUT2D eigenvalue weighted by molar-refractivity contribution is 0.597. The highest BCUT2D eigenvalue weighted by Crippen LogP contribution is 2.45. The van der Waals surface area contributed by atoms with E-state index >= 15 is 0 Å². The molecule has 0 saturated heterocycles. The third kappa shape index (κ3) is 3.96. The van der Waals surface area contributed by atoms with Crippen molar-refractivity contribution in [2.24, 2.45) is 5.14 Å². The largest absolute Gasteiger partial charge is 0.455 e. The van der Waals surface area contributed by atoms with Gasteiger partial charge in [0.1, 0.15) is 11.3 Å². The van der Waals surface area contributed by atoms with Crippen LogP contribution in [0.4, 0.5) is 0 Å². The molecule has 31 heavy (non-hydrogen) atoms. The van der Waals surface area contributed by atoms with Gasteiger partial charge in [0.05, 0.1) is 35.9 Å². The van der Waals surface area contributed by atoms with Crippen molar-refractivity contribution in [2.45, 2.75) is 4.90 Å². The lowest BCUT2D eigenvalue weighted by Crippen LogP contribution is -2.12. The summed E-state index contributed by atoms with van der Waals surface area (Å²) in [6.45, 7) is 0. The van der Waals surface area contributed by atoms with Crippen molar-refractivity contribution in [1.29, 1.82) is 0 Å². The SMILES string of the molecule is NS(=O)(=O)c1ccc(-c2oc3ccccc3c(=O)c2-c2c(Cl)c(Cl)cc(Cl)c2Cl)cc1. The number of hydrogen-bond acceptors (Lipinski definition) is 4. The van der Waals surface area contributed by atoms with Crippen molar-refractivity contribution < 1.29 is 12.8 Å². The minimum absolute atomic E-state index is 0.0288. The molecule has 0 bridgehead atoms. The number of halogens is 4. The maximum Gasteiger partial charge on any atom is 0.238 e. The number of para-hydroxylation sites is 1. The summed E-state index contributed by atoms with van der Waals surface area (Å²) in [6, 6.07) is 13.6. The monoisotopic (exact) mass is 513 g/mol. The Morgan fingerprint density at radius 1 is 0.806 bits per heavy atom. The van der Waals surface area contributed by atoms with E-state index in [1.54, 1.807) is 24.3 Å². The Kier molecular flexibility index (Phi) is 5.81. The summed E-state index contributed by atoms with van der Waals surface area (Å²) in [5, 5.41) is 5.74. The Labute approximate surface area is 197 Å². The zero-order valence-electron chi connectivity index (χ0n) is 15.3. The van der Waals surface area contributed by atoms with Crippen LogP contribution in [0.2, 0.25) is 20.1 Å². The molecular formula is C21H11Cl4NO4S. The van der Waals surface area contributed by atoms with Gasteiger partial charge in [0.2, 0.25) is 15.5 Å². The van der Waals surface area contributed by atoms with Crippen LogP contribution in [0.3, 0.4) is 0 Å². The molecule has 4 rings (SSSR count). The molecule has 5 nitrogen and oxygen atoms in total. The van der Waals surface area contributed by atoms with E-state index in [0.29, 0.717) is 16.5 Å². The summed E-state index contributed by atoms with van der Waals surface area (Å²) in [5.41, 5.74) is 0.470. The molecular weight excluding hydrogens is 504 g/mol. The van der Waals surface area contributed by atoms with Gasteiger partial charge >= 0.3 is 0 Å². The molecule has 0 unspecified atom stereocenters. The number of sulfonamides is 1. The second-order valence-electron chi connectivity index (χ2n) is 6.54. The van der Waals surface area contributed by atoms with Crippen LogP contribution in [0.25, 0.3) is 33.4 Å². The summed E-state index contributed by atoms with van der Waals surface area (Å²) >= 11 is 25.2. The molecule has 4 aromatic rings. The van der Waals surface area contributed by atoms with Crippen molar-refractivity contribution in [3.63, 3.8) is 0 Å². The third-order valence-electron chi connectivity index (χ3n) is 4.60. The van der Waals surface area contributed by atoms with E-state index in [1.165, 1.54) is 30.3 Å². The molecule has 0 aliphatic carbocycles. The van der Waals surface area contributed by atoms with Crippen molar-refractivity contribution in [3.05, 3.63) is 84.9 Å².